The number of nitrogens with two attached hydrogens (primary N) is 2. The van der Waals surface area contributed by atoms with Gasteiger partial charge < -0.3 is 16.8 Å². The lowest BCUT2D eigenvalue weighted by atomic mass is 10.0. The first-order chi connectivity index (χ1) is 17.8. The van der Waals surface area contributed by atoms with E-state index < -0.39 is 11.9 Å². The highest BCUT2D eigenvalue weighted by Gasteiger charge is 2.25. The van der Waals surface area contributed by atoms with Gasteiger partial charge in [0.15, 0.2) is 17.3 Å². The molecule has 188 valence electrons. The summed E-state index contributed by atoms with van der Waals surface area (Å²) in [6.07, 6.45) is 4.75. The molecule has 0 saturated carbocycles. The number of benzene rings is 2. The van der Waals surface area contributed by atoms with Crippen LogP contribution in [0.3, 0.4) is 0 Å². The highest BCUT2D eigenvalue weighted by Crippen LogP contribution is 2.22. The molecule has 0 aliphatic rings. The van der Waals surface area contributed by atoms with Gasteiger partial charge in [-0.25, -0.2) is 19.9 Å². The number of aliphatic imine (C=N–C) groups is 1. The second-order valence-corrected chi connectivity index (χ2v) is 8.92. The minimum Gasteiger partial charge on any atom is -0.384 e. The quantitative estimate of drug-likeness (QED) is 0.200. The van der Waals surface area contributed by atoms with Crippen molar-refractivity contribution >= 4 is 40.9 Å². The summed E-state index contributed by atoms with van der Waals surface area (Å²) in [6.45, 7) is 3.90. The van der Waals surface area contributed by atoms with Crippen molar-refractivity contribution in [3.05, 3.63) is 89.2 Å². The van der Waals surface area contributed by atoms with Gasteiger partial charge in [0.2, 0.25) is 0 Å². The van der Waals surface area contributed by atoms with Crippen LogP contribution < -0.4 is 16.8 Å². The highest BCUT2D eigenvalue weighted by atomic mass is 35.5. The van der Waals surface area contributed by atoms with Crippen molar-refractivity contribution < 1.29 is 4.79 Å². The predicted molar refractivity (Wildman–Crippen MR) is 145 cm³/mol. The van der Waals surface area contributed by atoms with E-state index in [9.17, 15) is 4.79 Å². The topological polar surface area (TPSA) is 161 Å². The van der Waals surface area contributed by atoms with Crippen LogP contribution in [-0.2, 0) is 0 Å². The zero-order valence-corrected chi connectivity index (χ0v) is 21.0. The van der Waals surface area contributed by atoms with Crippen LogP contribution in [0.1, 0.15) is 42.0 Å². The number of amides is 1. The highest BCUT2D eigenvalue weighted by molar-refractivity contribution is 6.30. The van der Waals surface area contributed by atoms with Crippen molar-refractivity contribution in [2.24, 2.45) is 16.6 Å². The Morgan fingerprint density at radius 1 is 1.14 bits per heavy atom. The summed E-state index contributed by atoms with van der Waals surface area (Å²) in [6, 6.07) is 16.0. The van der Waals surface area contributed by atoms with Crippen molar-refractivity contribution in [1.82, 2.24) is 30.5 Å². The zero-order chi connectivity index (χ0) is 26.4. The Morgan fingerprint density at radius 2 is 1.92 bits per heavy atom. The van der Waals surface area contributed by atoms with Gasteiger partial charge in [-0.2, -0.15) is 5.10 Å². The number of nitrogen functional groups attached to an aromatic ring is 1. The maximum Gasteiger partial charge on any atom is 0.274 e. The van der Waals surface area contributed by atoms with E-state index in [2.05, 4.69) is 35.5 Å². The molecule has 1 unspecified atom stereocenters. The summed E-state index contributed by atoms with van der Waals surface area (Å²) in [7, 11) is 0. The largest absolute Gasteiger partial charge is 0.384 e. The average Bonchev–Trinajstić information content (AvgIpc) is 3.35. The molecule has 2 heterocycles. The maximum atomic E-state index is 13.1. The first kappa shape index (κ1) is 25.5. The summed E-state index contributed by atoms with van der Waals surface area (Å²) in [5, 5.41) is 10.6. The van der Waals surface area contributed by atoms with Gasteiger partial charge in [0.1, 0.15) is 11.7 Å². The fourth-order valence-electron chi connectivity index (χ4n) is 3.47. The number of hydrogen-bond donors (Lipinski definition) is 4. The molecule has 2 aromatic carbocycles. The number of anilines is 1. The predicted octanol–water partition coefficient (Wildman–Crippen LogP) is 4.33. The van der Waals surface area contributed by atoms with Gasteiger partial charge in [0.05, 0.1) is 23.6 Å². The fourth-order valence-corrected chi connectivity index (χ4v) is 3.65. The number of carbonyl (C=O) groups is 1. The van der Waals surface area contributed by atoms with Gasteiger partial charge >= 0.3 is 0 Å². The van der Waals surface area contributed by atoms with Crippen LogP contribution >= 0.6 is 11.6 Å². The van der Waals surface area contributed by atoms with E-state index in [1.807, 2.05) is 44.2 Å². The lowest BCUT2D eigenvalue weighted by Gasteiger charge is -2.20. The second kappa shape index (κ2) is 11.4. The Morgan fingerprint density at radius 3 is 2.65 bits per heavy atom. The molecule has 0 radical (unpaired) electrons. The summed E-state index contributed by atoms with van der Waals surface area (Å²) in [4.78, 5) is 30.5. The van der Waals surface area contributed by atoms with Gasteiger partial charge in [0.25, 0.3) is 5.91 Å². The summed E-state index contributed by atoms with van der Waals surface area (Å²) in [5.41, 5.74) is 14.0. The number of hydrogen-bond acceptors (Lipinski definition) is 7. The number of rotatable bonds is 8. The Labute approximate surface area is 218 Å². The van der Waals surface area contributed by atoms with Crippen molar-refractivity contribution in [3.8, 4) is 11.3 Å². The van der Waals surface area contributed by atoms with E-state index in [-0.39, 0.29) is 23.3 Å². The molecule has 6 N–H and O–H groups in total. The number of carbonyl (C=O) groups excluding carboxylic acids is 1. The smallest absolute Gasteiger partial charge is 0.274 e. The third-order valence-electron chi connectivity index (χ3n) is 5.32. The van der Waals surface area contributed by atoms with Gasteiger partial charge in [-0.15, -0.1) is 0 Å². The van der Waals surface area contributed by atoms with Crippen molar-refractivity contribution in [1.29, 1.82) is 0 Å². The van der Waals surface area contributed by atoms with Crippen molar-refractivity contribution in [3.63, 3.8) is 0 Å². The van der Waals surface area contributed by atoms with Gasteiger partial charge in [-0.05, 0) is 36.3 Å². The molecule has 4 aromatic rings. The number of amidine groups is 1. The molecule has 0 aliphatic heterocycles. The van der Waals surface area contributed by atoms with E-state index in [0.717, 1.165) is 5.56 Å². The van der Waals surface area contributed by atoms with Crippen LogP contribution in [0.4, 0.5) is 11.5 Å². The zero-order valence-electron chi connectivity index (χ0n) is 20.3. The summed E-state index contributed by atoms with van der Waals surface area (Å²) < 4.78 is 0. The lowest BCUT2D eigenvalue weighted by molar-refractivity contribution is 0.0919. The van der Waals surface area contributed by atoms with Crippen molar-refractivity contribution in [2.75, 3.05) is 5.73 Å². The fraction of sp³-hybridized carbons (Fsp3) is 0.154. The molecule has 10 nitrogen and oxygen atoms in total. The monoisotopic (exact) mass is 515 g/mol. The molecular weight excluding hydrogens is 490 g/mol. The van der Waals surface area contributed by atoms with E-state index in [4.69, 9.17) is 23.1 Å². The molecule has 0 aliphatic carbocycles. The van der Waals surface area contributed by atoms with E-state index >= 15 is 0 Å². The Balaban J connectivity index is 1.50. The molecule has 2 aromatic heterocycles. The van der Waals surface area contributed by atoms with Crippen LogP contribution in [0.25, 0.3) is 17.3 Å². The Bertz CT molecular complexity index is 1450. The van der Waals surface area contributed by atoms with Crippen LogP contribution in [0.2, 0.25) is 5.02 Å². The first-order valence-electron chi connectivity index (χ1n) is 11.5. The molecule has 0 fully saturated rings. The van der Waals surface area contributed by atoms with Gasteiger partial charge in [0, 0.05) is 10.6 Å². The van der Waals surface area contributed by atoms with Crippen LogP contribution in [0.15, 0.2) is 71.9 Å². The van der Waals surface area contributed by atoms with Crippen molar-refractivity contribution in [2.45, 2.75) is 19.9 Å². The Kier molecular flexibility index (Phi) is 7.89. The van der Waals surface area contributed by atoms with Gasteiger partial charge in [-0.3, -0.25) is 9.89 Å². The third-order valence-corrected chi connectivity index (χ3v) is 5.56. The molecule has 0 saturated heterocycles. The molecular formula is C26H26ClN9O. The standard InChI is InChI=1S/C26H26ClN9O/c1-15(2)22(34-26(37)23-24(29)30-14-19(32-23)16-7-4-3-5-8-16)25-33-21(35-36-25)12-11-20(28)31-18-10-6-9-17(27)13-18/h3-15,22H,1-2H3,(H2,28,31)(H2,29,30)(H,34,37)(H,33,35,36)/b12-11-. The number of aromatic amines is 1. The lowest BCUT2D eigenvalue weighted by Crippen LogP contribution is -2.33. The minimum absolute atomic E-state index is 0.0188. The van der Waals surface area contributed by atoms with Crippen LogP contribution in [-0.4, -0.2) is 36.9 Å². The molecule has 1 amide bonds. The minimum atomic E-state index is -0.485. The molecule has 1 atom stereocenters. The molecule has 11 heteroatoms. The van der Waals surface area contributed by atoms with Crippen LogP contribution in [0.5, 0.6) is 0 Å². The molecule has 0 spiro atoms. The molecule has 4 rings (SSSR count). The maximum absolute atomic E-state index is 13.1. The number of H-pyrrole nitrogens is 1. The molecule has 0 bridgehead atoms. The Hall–Kier alpha value is -4.57. The van der Waals surface area contributed by atoms with Gasteiger partial charge in [-0.1, -0.05) is 61.8 Å². The number of aromatic nitrogens is 5. The first-order valence-corrected chi connectivity index (χ1v) is 11.9. The summed E-state index contributed by atoms with van der Waals surface area (Å²) >= 11 is 5.98. The number of halogens is 1. The second-order valence-electron chi connectivity index (χ2n) is 8.48. The average molecular weight is 516 g/mol. The third kappa shape index (κ3) is 6.56. The SMILES string of the molecule is CC(C)C(NC(=O)c1nc(-c2ccccc2)cnc1N)c1nc(/C=C\C(N)=Nc2cccc(Cl)c2)n[nH]1. The van der Waals surface area contributed by atoms with E-state index in [0.29, 0.717) is 28.1 Å². The number of nitrogens with one attached hydrogen (secondary N) is 2. The molecule has 37 heavy (non-hydrogen) atoms. The van der Waals surface area contributed by atoms with E-state index in [1.54, 1.807) is 36.4 Å². The normalized spacial score (nSPS) is 12.7. The van der Waals surface area contributed by atoms with E-state index in [1.165, 1.54) is 6.20 Å². The van der Waals surface area contributed by atoms with Crippen LogP contribution in [0, 0.1) is 5.92 Å². The number of nitrogens with zero attached hydrogens (tertiary/aromatic N) is 5. The summed E-state index contributed by atoms with van der Waals surface area (Å²) in [5.74, 6) is 0.663.